The number of nitrogens with one attached hydrogen (secondary N) is 1. The molecule has 0 aromatic heterocycles. The number of amides is 1. The molecule has 0 saturated heterocycles. The summed E-state index contributed by atoms with van der Waals surface area (Å²) in [5.74, 6) is -1.10. The molecule has 2 aromatic carbocycles. The number of esters is 1. The number of hydrogen-bond donors (Lipinski definition) is 1. The van der Waals surface area contributed by atoms with Gasteiger partial charge in [0.15, 0.2) is 13.2 Å². The normalized spacial score (nSPS) is 10.1. The smallest absolute Gasteiger partial charge is 0.344 e. The average Bonchev–Trinajstić information content (AvgIpc) is 2.59. The number of ether oxygens (including phenoxy) is 2. The van der Waals surface area contributed by atoms with E-state index in [2.05, 4.69) is 21.2 Å². The molecule has 26 heavy (non-hydrogen) atoms. The summed E-state index contributed by atoms with van der Waals surface area (Å²) in [7, 11) is 0. The van der Waals surface area contributed by atoms with Crippen molar-refractivity contribution in [3.05, 3.63) is 62.1 Å². The molecule has 0 atom stereocenters. The minimum absolute atomic E-state index is 0.0138. The van der Waals surface area contributed by atoms with Gasteiger partial charge in [0.2, 0.25) is 0 Å². The van der Waals surface area contributed by atoms with Crippen LogP contribution in [0.15, 0.2) is 46.9 Å². The molecule has 2 rings (SSSR count). The van der Waals surface area contributed by atoms with Crippen LogP contribution in [0, 0.1) is 10.1 Å². The van der Waals surface area contributed by atoms with E-state index in [1.807, 2.05) is 0 Å². The number of para-hydroxylation sites is 2. The van der Waals surface area contributed by atoms with Gasteiger partial charge in [0, 0.05) is 11.1 Å². The van der Waals surface area contributed by atoms with Gasteiger partial charge in [0.05, 0.1) is 9.40 Å². The zero-order valence-electron chi connectivity index (χ0n) is 13.1. The fraction of sp³-hybridized carbons (Fsp3) is 0.125. The monoisotopic (exact) mass is 442 g/mol. The Labute approximate surface area is 161 Å². The largest absolute Gasteiger partial charge is 0.481 e. The second-order valence-corrected chi connectivity index (χ2v) is 6.14. The molecular formula is C16H12BrClN2O6. The van der Waals surface area contributed by atoms with Crippen LogP contribution in [0.3, 0.4) is 0 Å². The summed E-state index contributed by atoms with van der Waals surface area (Å²) in [6.07, 6.45) is 0. The highest BCUT2D eigenvalue weighted by atomic mass is 79.9. The standard InChI is InChI=1S/C16H12BrClN2O6/c17-11-7-10(18)5-6-14(11)25-9-16(22)26-8-15(21)19-12-3-1-2-4-13(12)20(23)24/h1-7H,8-9H2,(H,19,21). The summed E-state index contributed by atoms with van der Waals surface area (Å²) < 4.78 is 10.6. The molecule has 0 bridgehead atoms. The van der Waals surface area contributed by atoms with Crippen molar-refractivity contribution >= 4 is 50.8 Å². The third-order valence-electron chi connectivity index (χ3n) is 2.98. The van der Waals surface area contributed by atoms with Gasteiger partial charge in [0.25, 0.3) is 11.6 Å². The van der Waals surface area contributed by atoms with E-state index in [1.165, 1.54) is 24.3 Å². The third kappa shape index (κ3) is 5.71. The minimum Gasteiger partial charge on any atom is -0.481 e. The zero-order valence-corrected chi connectivity index (χ0v) is 15.5. The van der Waals surface area contributed by atoms with Gasteiger partial charge in [-0.3, -0.25) is 14.9 Å². The molecule has 0 spiro atoms. The van der Waals surface area contributed by atoms with Crippen LogP contribution in [-0.4, -0.2) is 30.0 Å². The summed E-state index contributed by atoms with van der Waals surface area (Å²) in [6.45, 7) is -1.02. The second kappa shape index (κ2) is 9.16. The van der Waals surface area contributed by atoms with Crippen molar-refractivity contribution in [1.29, 1.82) is 0 Å². The number of hydrogen-bond acceptors (Lipinski definition) is 6. The molecule has 136 valence electrons. The summed E-state index contributed by atoms with van der Waals surface area (Å²) in [5.41, 5.74) is -0.247. The van der Waals surface area contributed by atoms with Gasteiger partial charge in [-0.15, -0.1) is 0 Å². The summed E-state index contributed by atoms with van der Waals surface area (Å²) in [6, 6.07) is 10.4. The number of rotatable bonds is 7. The van der Waals surface area contributed by atoms with Crippen LogP contribution < -0.4 is 10.1 Å². The maximum atomic E-state index is 11.8. The Kier molecular flexibility index (Phi) is 6.93. The first-order valence-electron chi connectivity index (χ1n) is 7.13. The van der Waals surface area contributed by atoms with Crippen molar-refractivity contribution < 1.29 is 24.0 Å². The summed E-state index contributed by atoms with van der Waals surface area (Å²) in [4.78, 5) is 33.7. The molecule has 0 radical (unpaired) electrons. The van der Waals surface area contributed by atoms with E-state index in [4.69, 9.17) is 21.1 Å². The molecule has 0 fully saturated rings. The van der Waals surface area contributed by atoms with Crippen molar-refractivity contribution in [2.24, 2.45) is 0 Å². The van der Waals surface area contributed by atoms with E-state index >= 15 is 0 Å². The number of nitro benzene ring substituents is 1. The molecule has 0 heterocycles. The highest BCUT2D eigenvalue weighted by Crippen LogP contribution is 2.28. The van der Waals surface area contributed by atoms with E-state index in [-0.39, 0.29) is 11.4 Å². The number of nitrogens with zero attached hydrogens (tertiary/aromatic N) is 1. The fourth-order valence-corrected chi connectivity index (χ4v) is 2.64. The lowest BCUT2D eigenvalue weighted by Crippen LogP contribution is -2.24. The van der Waals surface area contributed by atoms with Crippen LogP contribution in [-0.2, 0) is 14.3 Å². The van der Waals surface area contributed by atoms with E-state index in [9.17, 15) is 19.7 Å². The maximum Gasteiger partial charge on any atom is 0.344 e. The van der Waals surface area contributed by atoms with Gasteiger partial charge in [-0.25, -0.2) is 4.79 Å². The second-order valence-electron chi connectivity index (χ2n) is 4.85. The quantitative estimate of drug-likeness (QED) is 0.398. The highest BCUT2D eigenvalue weighted by molar-refractivity contribution is 9.10. The van der Waals surface area contributed by atoms with Crippen molar-refractivity contribution in [2.45, 2.75) is 0 Å². The van der Waals surface area contributed by atoms with Gasteiger partial charge < -0.3 is 14.8 Å². The number of carbonyl (C=O) groups is 2. The first-order chi connectivity index (χ1) is 12.4. The Bertz CT molecular complexity index is 845. The Balaban J connectivity index is 1.82. The van der Waals surface area contributed by atoms with Crippen molar-refractivity contribution in [3.63, 3.8) is 0 Å². The van der Waals surface area contributed by atoms with Crippen molar-refractivity contribution in [3.8, 4) is 5.75 Å². The van der Waals surface area contributed by atoms with E-state index < -0.39 is 30.0 Å². The molecule has 0 aliphatic heterocycles. The molecule has 0 saturated carbocycles. The van der Waals surface area contributed by atoms with Crippen molar-refractivity contribution in [2.75, 3.05) is 18.5 Å². The van der Waals surface area contributed by atoms with Crippen LogP contribution in [0.5, 0.6) is 5.75 Å². The van der Waals surface area contributed by atoms with Crippen LogP contribution in [0.25, 0.3) is 0 Å². The number of anilines is 1. The number of nitro groups is 1. The van der Waals surface area contributed by atoms with Gasteiger partial charge >= 0.3 is 5.97 Å². The predicted molar refractivity (Wildman–Crippen MR) is 97.3 cm³/mol. The lowest BCUT2D eigenvalue weighted by molar-refractivity contribution is -0.383. The van der Waals surface area contributed by atoms with Gasteiger partial charge in [-0.1, -0.05) is 23.7 Å². The van der Waals surface area contributed by atoms with Crippen LogP contribution in [0.4, 0.5) is 11.4 Å². The summed E-state index contributed by atoms with van der Waals surface area (Å²) >= 11 is 9.03. The Hall–Kier alpha value is -2.65. The maximum absolute atomic E-state index is 11.8. The molecule has 1 N–H and O–H groups in total. The van der Waals surface area contributed by atoms with Crippen LogP contribution >= 0.6 is 27.5 Å². The Morgan fingerprint density at radius 3 is 2.62 bits per heavy atom. The minimum atomic E-state index is -0.774. The van der Waals surface area contributed by atoms with E-state index in [0.717, 1.165) is 0 Å². The zero-order chi connectivity index (χ0) is 19.1. The molecule has 0 aliphatic rings. The van der Waals surface area contributed by atoms with E-state index in [1.54, 1.807) is 18.2 Å². The van der Waals surface area contributed by atoms with Crippen molar-refractivity contribution in [1.82, 2.24) is 0 Å². The first kappa shape index (κ1) is 19.7. The molecule has 10 heteroatoms. The number of benzene rings is 2. The SMILES string of the molecule is O=C(COC(=O)COc1ccc(Cl)cc1Br)Nc1ccccc1[N+](=O)[O-]. The lowest BCUT2D eigenvalue weighted by Gasteiger charge is -2.09. The summed E-state index contributed by atoms with van der Waals surface area (Å²) in [5, 5.41) is 13.7. The highest BCUT2D eigenvalue weighted by Gasteiger charge is 2.16. The molecule has 0 unspecified atom stereocenters. The molecule has 1 amide bonds. The number of halogens is 2. The van der Waals surface area contributed by atoms with E-state index in [0.29, 0.717) is 15.2 Å². The first-order valence-corrected chi connectivity index (χ1v) is 8.30. The predicted octanol–water partition coefficient (Wildman–Crippen LogP) is 3.57. The van der Waals surface area contributed by atoms with Gasteiger partial charge in [-0.2, -0.15) is 0 Å². The van der Waals surface area contributed by atoms with Crippen LogP contribution in [0.2, 0.25) is 5.02 Å². The average molecular weight is 444 g/mol. The third-order valence-corrected chi connectivity index (χ3v) is 3.83. The molecule has 0 aliphatic carbocycles. The lowest BCUT2D eigenvalue weighted by atomic mass is 10.2. The van der Waals surface area contributed by atoms with Gasteiger partial charge in [-0.05, 0) is 40.2 Å². The fourth-order valence-electron chi connectivity index (χ4n) is 1.84. The molecular weight excluding hydrogens is 432 g/mol. The number of carbonyl (C=O) groups excluding carboxylic acids is 2. The topological polar surface area (TPSA) is 108 Å². The molecule has 8 nitrogen and oxygen atoms in total. The Morgan fingerprint density at radius 2 is 1.92 bits per heavy atom. The van der Waals surface area contributed by atoms with Crippen LogP contribution in [0.1, 0.15) is 0 Å². The van der Waals surface area contributed by atoms with Gasteiger partial charge in [0.1, 0.15) is 11.4 Å². The molecule has 2 aromatic rings. The Morgan fingerprint density at radius 1 is 1.19 bits per heavy atom.